The van der Waals surface area contributed by atoms with Crippen LogP contribution in [0, 0.1) is 0 Å². The molecule has 13 heteroatoms. The number of nitrogens with zero attached hydrogens (tertiary/aromatic N) is 1. The van der Waals surface area contributed by atoms with Gasteiger partial charge in [-0.25, -0.2) is 8.42 Å². The lowest BCUT2D eigenvalue weighted by atomic mass is 9.93. The molecule has 0 saturated heterocycles. The van der Waals surface area contributed by atoms with Gasteiger partial charge in [0.1, 0.15) is 5.75 Å². The van der Waals surface area contributed by atoms with Gasteiger partial charge in [0.05, 0.1) is 30.7 Å². The first kappa shape index (κ1) is 29.8. The highest BCUT2D eigenvalue weighted by Crippen LogP contribution is 2.37. The lowest BCUT2D eigenvalue weighted by Crippen LogP contribution is -2.37. The van der Waals surface area contributed by atoms with Crippen LogP contribution in [0.25, 0.3) is 11.1 Å². The van der Waals surface area contributed by atoms with Crippen LogP contribution < -0.4 is 14.4 Å². The van der Waals surface area contributed by atoms with Gasteiger partial charge < -0.3 is 19.1 Å². The van der Waals surface area contributed by atoms with E-state index in [-0.39, 0.29) is 37.3 Å². The molecule has 0 spiro atoms. The number of amides is 1. The van der Waals surface area contributed by atoms with Gasteiger partial charge >= 0.3 is 6.18 Å². The Morgan fingerprint density at radius 2 is 1.80 bits per heavy atom. The Balaban J connectivity index is 1.59. The number of fused-ring (bicyclic) bond motifs is 1. The van der Waals surface area contributed by atoms with Gasteiger partial charge in [-0.2, -0.15) is 13.2 Å². The Bertz CT molecular complexity index is 1510. The third kappa shape index (κ3) is 7.33. The maximum atomic E-state index is 13.4. The van der Waals surface area contributed by atoms with Crippen LogP contribution in [0.1, 0.15) is 21.5 Å². The van der Waals surface area contributed by atoms with E-state index >= 15 is 0 Å². The van der Waals surface area contributed by atoms with Crippen molar-refractivity contribution in [3.05, 3.63) is 75.8 Å². The molecule has 1 aliphatic heterocycles. The molecule has 1 amide bonds. The highest BCUT2D eigenvalue weighted by atomic mass is 79.9. The second kappa shape index (κ2) is 12.2. The molecule has 3 aromatic carbocycles. The SMILES string of the molecule is COCCOCOc1ccc(N2CCc3cc(-c4cc(Br)cc(C(F)(F)F)c4)ccc3C2=O)cc1NS(C)(=O)=O. The molecule has 0 aromatic heterocycles. The summed E-state index contributed by atoms with van der Waals surface area (Å²) in [4.78, 5) is 14.9. The quantitative estimate of drug-likeness (QED) is 0.225. The number of methoxy groups -OCH3 is 1. The largest absolute Gasteiger partial charge is 0.465 e. The molecule has 0 bridgehead atoms. The van der Waals surface area contributed by atoms with Crippen molar-refractivity contribution in [1.29, 1.82) is 0 Å². The highest BCUT2D eigenvalue weighted by molar-refractivity contribution is 9.10. The zero-order valence-corrected chi connectivity index (χ0v) is 24.0. The maximum Gasteiger partial charge on any atom is 0.416 e. The van der Waals surface area contributed by atoms with Crippen molar-refractivity contribution in [2.75, 3.05) is 49.5 Å². The number of hydrogen-bond acceptors (Lipinski definition) is 6. The van der Waals surface area contributed by atoms with E-state index in [1.807, 2.05) is 0 Å². The Hall–Kier alpha value is -3.13. The lowest BCUT2D eigenvalue weighted by Gasteiger charge is -2.29. The van der Waals surface area contributed by atoms with Crippen LogP contribution in [0.4, 0.5) is 24.5 Å². The van der Waals surface area contributed by atoms with Gasteiger partial charge in [-0.3, -0.25) is 9.52 Å². The van der Waals surface area contributed by atoms with Crippen molar-refractivity contribution in [1.82, 2.24) is 0 Å². The fourth-order valence-corrected chi connectivity index (χ4v) is 5.28. The van der Waals surface area contributed by atoms with E-state index in [1.54, 1.807) is 36.4 Å². The average molecular weight is 643 g/mol. The first-order valence-corrected chi connectivity index (χ1v) is 14.7. The molecule has 1 aliphatic rings. The van der Waals surface area contributed by atoms with E-state index in [0.29, 0.717) is 45.4 Å². The molecule has 3 aromatic rings. The van der Waals surface area contributed by atoms with Crippen molar-refractivity contribution in [2.24, 2.45) is 0 Å². The second-order valence-electron chi connectivity index (χ2n) is 9.02. The van der Waals surface area contributed by atoms with E-state index in [4.69, 9.17) is 14.2 Å². The van der Waals surface area contributed by atoms with Crippen molar-refractivity contribution in [3.8, 4) is 16.9 Å². The smallest absolute Gasteiger partial charge is 0.416 e. The minimum absolute atomic E-state index is 0.137. The fraction of sp³-hybridized carbons (Fsp3) is 0.296. The molecule has 214 valence electrons. The summed E-state index contributed by atoms with van der Waals surface area (Å²) in [6.07, 6.45) is -3.05. The zero-order valence-electron chi connectivity index (χ0n) is 21.5. The Kier molecular flexibility index (Phi) is 9.08. The number of benzene rings is 3. The third-order valence-corrected chi connectivity index (χ3v) is 7.09. The minimum Gasteiger partial charge on any atom is -0.465 e. The summed E-state index contributed by atoms with van der Waals surface area (Å²) in [7, 11) is -2.13. The predicted octanol–water partition coefficient (Wildman–Crippen LogP) is 5.71. The topological polar surface area (TPSA) is 94.2 Å². The van der Waals surface area contributed by atoms with Crippen molar-refractivity contribution in [2.45, 2.75) is 12.6 Å². The number of carbonyl (C=O) groups is 1. The number of ether oxygens (including phenoxy) is 3. The molecule has 0 atom stereocenters. The number of hydrogen-bond donors (Lipinski definition) is 1. The van der Waals surface area contributed by atoms with Crippen molar-refractivity contribution >= 4 is 43.2 Å². The Labute approximate surface area is 238 Å². The van der Waals surface area contributed by atoms with Crippen molar-refractivity contribution < 1.29 is 40.6 Å². The van der Waals surface area contributed by atoms with Crippen LogP contribution in [0.5, 0.6) is 5.75 Å². The Morgan fingerprint density at radius 1 is 1.02 bits per heavy atom. The summed E-state index contributed by atoms with van der Waals surface area (Å²) in [5.41, 5.74) is 1.85. The van der Waals surface area contributed by atoms with Gasteiger partial charge in [0, 0.05) is 29.4 Å². The molecule has 0 aliphatic carbocycles. The van der Waals surface area contributed by atoms with E-state index in [0.717, 1.165) is 18.4 Å². The molecule has 0 saturated carbocycles. The number of alkyl halides is 3. The van der Waals surface area contributed by atoms with Crippen LogP contribution in [0.3, 0.4) is 0 Å². The summed E-state index contributed by atoms with van der Waals surface area (Å²) in [5.74, 6) is -0.103. The number of rotatable bonds is 10. The molecular formula is C27H26BrF3N2O6S. The molecule has 40 heavy (non-hydrogen) atoms. The van der Waals surface area contributed by atoms with Crippen LogP contribution in [0.15, 0.2) is 59.1 Å². The number of sulfonamides is 1. The van der Waals surface area contributed by atoms with E-state index in [1.165, 1.54) is 18.1 Å². The lowest BCUT2D eigenvalue weighted by molar-refractivity contribution is -0.137. The average Bonchev–Trinajstić information content (AvgIpc) is 2.87. The number of halogens is 4. The molecule has 0 fully saturated rings. The van der Waals surface area contributed by atoms with Gasteiger partial charge in [-0.15, -0.1) is 0 Å². The molecule has 8 nitrogen and oxygen atoms in total. The van der Waals surface area contributed by atoms with E-state index in [9.17, 15) is 26.4 Å². The van der Waals surface area contributed by atoms with Gasteiger partial charge in [0.25, 0.3) is 5.91 Å². The van der Waals surface area contributed by atoms with Gasteiger partial charge in [0.15, 0.2) is 6.79 Å². The molecule has 1 N–H and O–H groups in total. The van der Waals surface area contributed by atoms with Gasteiger partial charge in [-0.05, 0) is 65.6 Å². The first-order chi connectivity index (χ1) is 18.9. The summed E-state index contributed by atoms with van der Waals surface area (Å²) < 4.78 is 82.3. The number of anilines is 2. The summed E-state index contributed by atoms with van der Waals surface area (Å²) in [6.45, 7) is 0.800. The molecule has 0 radical (unpaired) electrons. The predicted molar refractivity (Wildman–Crippen MR) is 148 cm³/mol. The van der Waals surface area contributed by atoms with Crippen molar-refractivity contribution in [3.63, 3.8) is 0 Å². The second-order valence-corrected chi connectivity index (χ2v) is 11.7. The van der Waals surface area contributed by atoms with Gasteiger partial charge in [0.2, 0.25) is 10.0 Å². The van der Waals surface area contributed by atoms with E-state index in [2.05, 4.69) is 20.7 Å². The summed E-state index contributed by atoms with van der Waals surface area (Å²) >= 11 is 3.15. The summed E-state index contributed by atoms with van der Waals surface area (Å²) in [5, 5.41) is 0. The monoisotopic (exact) mass is 642 g/mol. The third-order valence-electron chi connectivity index (χ3n) is 6.04. The molecular weight excluding hydrogens is 617 g/mol. The molecule has 1 heterocycles. The maximum absolute atomic E-state index is 13.4. The van der Waals surface area contributed by atoms with Crippen LogP contribution in [-0.2, 0) is 32.1 Å². The van der Waals surface area contributed by atoms with Gasteiger partial charge in [-0.1, -0.05) is 28.1 Å². The van der Waals surface area contributed by atoms with Crippen LogP contribution >= 0.6 is 15.9 Å². The first-order valence-electron chi connectivity index (χ1n) is 12.0. The Morgan fingerprint density at radius 3 is 2.50 bits per heavy atom. The number of carbonyl (C=O) groups excluding carboxylic acids is 1. The normalized spacial score (nSPS) is 13.8. The van der Waals surface area contributed by atoms with Crippen LogP contribution in [-0.4, -0.2) is 54.2 Å². The highest BCUT2D eigenvalue weighted by Gasteiger charge is 2.31. The molecule has 0 unspecified atom stereocenters. The molecule has 4 rings (SSSR count). The number of nitrogens with one attached hydrogen (secondary N) is 1. The summed E-state index contributed by atoms with van der Waals surface area (Å²) in [6, 6.07) is 13.3. The minimum atomic E-state index is -4.49. The fourth-order valence-electron chi connectivity index (χ4n) is 4.23. The van der Waals surface area contributed by atoms with E-state index < -0.39 is 21.8 Å². The standard InChI is InChI=1S/C27H26BrF3N2O6S/c1-37-9-10-38-16-39-25-6-4-22(15-24(25)32-40(2,35)36)33-8-7-18-11-17(3-5-23(18)26(33)34)19-12-20(27(29,30)31)14-21(28)13-19/h3-6,11-15,32H,7-10,16H2,1-2H3. The zero-order chi connectivity index (χ0) is 29.1. The van der Waals surface area contributed by atoms with Crippen LogP contribution in [0.2, 0.25) is 0 Å².